The second kappa shape index (κ2) is 10.6. The molecule has 0 aliphatic carbocycles. The molecule has 1 saturated heterocycles. The highest BCUT2D eigenvalue weighted by Crippen LogP contribution is 2.25. The number of aryl methyl sites for hydroxylation is 1. The maximum absolute atomic E-state index is 13.0. The van der Waals surface area contributed by atoms with Crippen LogP contribution in [0.1, 0.15) is 33.6 Å². The van der Waals surface area contributed by atoms with Gasteiger partial charge < -0.3 is 10.2 Å². The lowest BCUT2D eigenvalue weighted by atomic mass is 9.91. The van der Waals surface area contributed by atoms with Crippen molar-refractivity contribution < 1.29 is 4.79 Å². The Morgan fingerprint density at radius 2 is 2.03 bits per heavy atom. The molecular formula is C27H31N7O. The Labute approximate surface area is 206 Å². The molecule has 4 rings (SSSR count). The van der Waals surface area contributed by atoms with Gasteiger partial charge in [-0.2, -0.15) is 0 Å². The third-order valence-electron chi connectivity index (χ3n) is 6.40. The molecule has 1 aromatic carbocycles. The van der Waals surface area contributed by atoms with Crippen molar-refractivity contribution in [1.29, 1.82) is 0 Å². The Morgan fingerprint density at radius 3 is 2.66 bits per heavy atom. The summed E-state index contributed by atoms with van der Waals surface area (Å²) < 4.78 is 1.66. The van der Waals surface area contributed by atoms with E-state index in [1.54, 1.807) is 23.9 Å². The van der Waals surface area contributed by atoms with E-state index < -0.39 is 0 Å². The van der Waals surface area contributed by atoms with Crippen molar-refractivity contribution in [2.75, 3.05) is 18.4 Å². The van der Waals surface area contributed by atoms with Crippen molar-refractivity contribution in [3.05, 3.63) is 48.4 Å². The maximum Gasteiger partial charge on any atom is 0.275 e. The molecule has 0 bridgehead atoms. The molecule has 3 heterocycles. The minimum absolute atomic E-state index is 0.191. The van der Waals surface area contributed by atoms with Gasteiger partial charge in [0.2, 0.25) is 0 Å². The minimum atomic E-state index is -0.336. The first-order valence-electron chi connectivity index (χ1n) is 11.9. The second-order valence-corrected chi connectivity index (χ2v) is 9.08. The van der Waals surface area contributed by atoms with Crippen molar-refractivity contribution in [1.82, 2.24) is 24.9 Å². The molecular weight excluding hydrogens is 438 g/mol. The van der Waals surface area contributed by atoms with Crippen LogP contribution in [0, 0.1) is 18.3 Å². The molecule has 35 heavy (non-hydrogen) atoms. The SMILES string of the molecule is C#CC(=N/C(=C\C)C(=O)Nc1cc2cc(-c3cn(C)nn3)ccc2cn1)C1CCN(C(C)C)CC1. The molecule has 8 nitrogen and oxygen atoms in total. The summed E-state index contributed by atoms with van der Waals surface area (Å²) in [6.45, 7) is 8.16. The van der Waals surface area contributed by atoms with E-state index in [-0.39, 0.29) is 11.8 Å². The Morgan fingerprint density at radius 1 is 1.26 bits per heavy atom. The lowest BCUT2D eigenvalue weighted by Gasteiger charge is -2.34. The van der Waals surface area contributed by atoms with Gasteiger partial charge in [0.15, 0.2) is 0 Å². The molecule has 180 valence electrons. The fourth-order valence-corrected chi connectivity index (χ4v) is 4.34. The highest BCUT2D eigenvalue weighted by atomic mass is 16.2. The Balaban J connectivity index is 1.50. The molecule has 1 aliphatic rings. The number of pyridine rings is 1. The number of terminal acetylenes is 1. The number of fused-ring (bicyclic) bond motifs is 1. The molecule has 8 heteroatoms. The van der Waals surface area contributed by atoms with E-state index in [1.807, 2.05) is 37.5 Å². The largest absolute Gasteiger partial charge is 0.305 e. The molecule has 1 aliphatic heterocycles. The first kappa shape index (κ1) is 24.3. The average molecular weight is 470 g/mol. The third kappa shape index (κ3) is 5.64. The second-order valence-electron chi connectivity index (χ2n) is 9.08. The van der Waals surface area contributed by atoms with E-state index in [0.29, 0.717) is 23.3 Å². The number of hydrogen-bond donors (Lipinski definition) is 1. The van der Waals surface area contributed by atoms with Crippen LogP contribution in [0.3, 0.4) is 0 Å². The van der Waals surface area contributed by atoms with Crippen LogP contribution >= 0.6 is 0 Å². The fourth-order valence-electron chi connectivity index (χ4n) is 4.34. The van der Waals surface area contributed by atoms with Gasteiger partial charge in [0.05, 0.1) is 11.9 Å². The van der Waals surface area contributed by atoms with Crippen molar-refractivity contribution in [3.8, 4) is 23.6 Å². The Bertz CT molecular complexity index is 1320. The van der Waals surface area contributed by atoms with E-state index in [2.05, 4.69) is 50.3 Å². The number of anilines is 1. The van der Waals surface area contributed by atoms with E-state index >= 15 is 0 Å². The van der Waals surface area contributed by atoms with E-state index in [9.17, 15) is 4.79 Å². The molecule has 1 fully saturated rings. The molecule has 3 aromatic rings. The summed E-state index contributed by atoms with van der Waals surface area (Å²) in [5, 5.41) is 12.9. The topological polar surface area (TPSA) is 88.3 Å². The summed E-state index contributed by atoms with van der Waals surface area (Å²) in [7, 11) is 1.83. The summed E-state index contributed by atoms with van der Waals surface area (Å²) in [6, 6.07) is 8.32. The lowest BCUT2D eigenvalue weighted by molar-refractivity contribution is -0.112. The fraction of sp³-hybridized carbons (Fsp3) is 0.370. The maximum atomic E-state index is 13.0. The van der Waals surface area contributed by atoms with Crippen LogP contribution in [0.4, 0.5) is 5.82 Å². The first-order chi connectivity index (χ1) is 16.9. The summed E-state index contributed by atoms with van der Waals surface area (Å²) in [5.41, 5.74) is 2.65. The average Bonchev–Trinajstić information content (AvgIpc) is 3.30. The Kier molecular flexibility index (Phi) is 7.37. The number of amides is 1. The van der Waals surface area contributed by atoms with Gasteiger partial charge in [0, 0.05) is 36.2 Å². The van der Waals surface area contributed by atoms with Crippen LogP contribution < -0.4 is 5.32 Å². The van der Waals surface area contributed by atoms with E-state index in [1.165, 1.54) is 0 Å². The zero-order valence-electron chi connectivity index (χ0n) is 20.7. The third-order valence-corrected chi connectivity index (χ3v) is 6.40. The summed E-state index contributed by atoms with van der Waals surface area (Å²) in [4.78, 5) is 24.4. The number of carbonyl (C=O) groups excluding carboxylic acids is 1. The number of carbonyl (C=O) groups is 1. The molecule has 1 amide bonds. The van der Waals surface area contributed by atoms with Gasteiger partial charge in [0.25, 0.3) is 5.91 Å². The molecule has 1 N–H and O–H groups in total. The molecule has 0 unspecified atom stereocenters. The number of aromatic nitrogens is 4. The number of piperidine rings is 1. The minimum Gasteiger partial charge on any atom is -0.305 e. The summed E-state index contributed by atoms with van der Waals surface area (Å²) in [5.74, 6) is 3.03. The molecule has 2 aromatic heterocycles. The van der Waals surface area contributed by atoms with E-state index in [4.69, 9.17) is 6.42 Å². The van der Waals surface area contributed by atoms with Crippen LogP contribution in [-0.4, -0.2) is 55.6 Å². The van der Waals surface area contributed by atoms with Crippen LogP contribution in [-0.2, 0) is 11.8 Å². The van der Waals surface area contributed by atoms with Gasteiger partial charge in [-0.05, 0) is 64.2 Å². The Hall–Kier alpha value is -3.83. The predicted molar refractivity (Wildman–Crippen MR) is 140 cm³/mol. The normalized spacial score (nSPS) is 16.0. The highest BCUT2D eigenvalue weighted by molar-refractivity contribution is 6.09. The van der Waals surface area contributed by atoms with Crippen LogP contribution in [0.2, 0.25) is 0 Å². The van der Waals surface area contributed by atoms with Gasteiger partial charge in [-0.1, -0.05) is 29.3 Å². The number of nitrogens with one attached hydrogen (secondary N) is 1. The van der Waals surface area contributed by atoms with Crippen molar-refractivity contribution in [2.45, 2.75) is 39.7 Å². The van der Waals surface area contributed by atoms with Crippen molar-refractivity contribution >= 4 is 28.2 Å². The number of hydrogen-bond acceptors (Lipinski definition) is 6. The zero-order valence-corrected chi connectivity index (χ0v) is 20.7. The molecule has 0 radical (unpaired) electrons. The number of rotatable bonds is 6. The van der Waals surface area contributed by atoms with Gasteiger partial charge in [-0.15, -0.1) is 11.5 Å². The zero-order chi connectivity index (χ0) is 24.9. The van der Waals surface area contributed by atoms with Gasteiger partial charge >= 0.3 is 0 Å². The highest BCUT2D eigenvalue weighted by Gasteiger charge is 2.24. The van der Waals surface area contributed by atoms with Crippen LogP contribution in [0.25, 0.3) is 22.0 Å². The first-order valence-corrected chi connectivity index (χ1v) is 11.9. The van der Waals surface area contributed by atoms with Crippen LogP contribution in [0.15, 0.2) is 53.4 Å². The van der Waals surface area contributed by atoms with E-state index in [0.717, 1.165) is 48.0 Å². The smallest absolute Gasteiger partial charge is 0.275 e. The monoisotopic (exact) mass is 469 g/mol. The molecule has 0 atom stereocenters. The standard InChI is InChI=1S/C27H31N7O/c1-6-23(19-10-12-34(13-11-19)18(3)4)29-24(7-2)27(35)30-26-15-22-14-20(8-9-21(22)16-28-26)25-17-33(5)32-31-25/h1,7-9,14-19H,10-13H2,2-5H3,(H,28,30,35)/b24-7-,29-23?. The number of nitrogens with zero attached hydrogens (tertiary/aromatic N) is 6. The lowest BCUT2D eigenvalue weighted by Crippen LogP contribution is -2.40. The van der Waals surface area contributed by atoms with Gasteiger partial charge in [0.1, 0.15) is 17.2 Å². The predicted octanol–water partition coefficient (Wildman–Crippen LogP) is 4.07. The number of aliphatic imine (C=N–C) groups is 1. The number of allylic oxidation sites excluding steroid dienone is 1. The van der Waals surface area contributed by atoms with Crippen LogP contribution in [0.5, 0.6) is 0 Å². The van der Waals surface area contributed by atoms with Gasteiger partial charge in [-0.25, -0.2) is 9.98 Å². The summed E-state index contributed by atoms with van der Waals surface area (Å²) >= 11 is 0. The molecule has 0 spiro atoms. The van der Waals surface area contributed by atoms with Crippen molar-refractivity contribution in [2.24, 2.45) is 18.0 Å². The van der Waals surface area contributed by atoms with Crippen molar-refractivity contribution in [3.63, 3.8) is 0 Å². The summed E-state index contributed by atoms with van der Waals surface area (Å²) in [6.07, 6.45) is 13.0. The number of likely N-dealkylation sites (tertiary alicyclic amines) is 1. The van der Waals surface area contributed by atoms with Gasteiger partial charge in [-0.3, -0.25) is 9.48 Å². The quantitative estimate of drug-likeness (QED) is 0.334. The molecule has 0 saturated carbocycles. The number of benzene rings is 1.